The van der Waals surface area contributed by atoms with Crippen LogP contribution in [0.3, 0.4) is 0 Å². The lowest BCUT2D eigenvalue weighted by molar-refractivity contribution is -0.164. The highest BCUT2D eigenvalue weighted by Gasteiger charge is 2.38. The number of esters is 1. The molecule has 2 saturated heterocycles. The van der Waals surface area contributed by atoms with E-state index in [4.69, 9.17) is 9.47 Å². The van der Waals surface area contributed by atoms with E-state index in [1.165, 1.54) is 7.11 Å². The van der Waals surface area contributed by atoms with Gasteiger partial charge in [0, 0.05) is 18.6 Å². The van der Waals surface area contributed by atoms with Crippen LogP contribution in [0.2, 0.25) is 0 Å². The van der Waals surface area contributed by atoms with Crippen LogP contribution in [0.15, 0.2) is 0 Å². The summed E-state index contributed by atoms with van der Waals surface area (Å²) >= 11 is 0. The summed E-state index contributed by atoms with van der Waals surface area (Å²) < 4.78 is 10.1. The smallest absolute Gasteiger partial charge is 0.336 e. The summed E-state index contributed by atoms with van der Waals surface area (Å²) in [5.41, 5.74) is 0. The highest BCUT2D eigenvalue weighted by Crippen LogP contribution is 2.26. The van der Waals surface area contributed by atoms with Crippen molar-refractivity contribution in [1.82, 2.24) is 9.80 Å². The van der Waals surface area contributed by atoms with Crippen molar-refractivity contribution in [3.05, 3.63) is 0 Å². The predicted molar refractivity (Wildman–Crippen MR) is 77.8 cm³/mol. The molecule has 2 fully saturated rings. The molecule has 0 aliphatic carbocycles. The summed E-state index contributed by atoms with van der Waals surface area (Å²) in [6.45, 7) is 7.50. The van der Waals surface area contributed by atoms with E-state index in [1.807, 2.05) is 6.92 Å². The van der Waals surface area contributed by atoms with Gasteiger partial charge in [0.05, 0.1) is 26.3 Å². The monoisotopic (exact) mass is 298 g/mol. The van der Waals surface area contributed by atoms with Crippen molar-refractivity contribution in [2.75, 3.05) is 26.8 Å². The molecule has 2 heterocycles. The van der Waals surface area contributed by atoms with Crippen molar-refractivity contribution < 1.29 is 19.1 Å². The quantitative estimate of drug-likeness (QED) is 0.716. The fourth-order valence-electron chi connectivity index (χ4n) is 3.49. The number of ether oxygens (including phenoxy) is 2. The normalized spacial score (nSPS) is 32.0. The molecule has 0 saturated carbocycles. The number of hydrogen-bond donors (Lipinski definition) is 0. The van der Waals surface area contributed by atoms with Crippen molar-refractivity contribution in [3.8, 4) is 0 Å². The fourth-order valence-corrected chi connectivity index (χ4v) is 3.49. The third kappa shape index (κ3) is 3.37. The number of carbonyl (C=O) groups is 2. The molecule has 6 nitrogen and oxygen atoms in total. The van der Waals surface area contributed by atoms with Crippen LogP contribution in [0.25, 0.3) is 0 Å². The number of amides is 1. The van der Waals surface area contributed by atoms with Gasteiger partial charge >= 0.3 is 5.97 Å². The first kappa shape index (κ1) is 16.2. The molecular formula is C15H26N2O4. The molecule has 2 aliphatic rings. The van der Waals surface area contributed by atoms with Gasteiger partial charge in [0.2, 0.25) is 5.91 Å². The Balaban J connectivity index is 2.00. The number of carbonyl (C=O) groups excluding carboxylic acids is 2. The second kappa shape index (κ2) is 6.75. The van der Waals surface area contributed by atoms with Crippen LogP contribution in [0.4, 0.5) is 0 Å². The van der Waals surface area contributed by atoms with Crippen LogP contribution in [-0.2, 0) is 19.1 Å². The SMILES string of the molecule is COC(=O)C1CN(C(=O)C(C)N2C(C)CCC2C)CCO1. The molecule has 0 radical (unpaired) electrons. The standard InChI is InChI=1S/C15H26N2O4/c1-10-5-6-11(2)17(10)12(3)14(18)16-7-8-21-13(9-16)15(19)20-4/h10-13H,5-9H2,1-4H3. The van der Waals surface area contributed by atoms with Gasteiger partial charge in [-0.15, -0.1) is 0 Å². The van der Waals surface area contributed by atoms with E-state index in [-0.39, 0.29) is 18.5 Å². The molecule has 0 aromatic carbocycles. The molecule has 0 spiro atoms. The molecular weight excluding hydrogens is 272 g/mol. The molecule has 2 aliphatic heterocycles. The number of nitrogens with zero attached hydrogens (tertiary/aromatic N) is 2. The van der Waals surface area contributed by atoms with E-state index in [1.54, 1.807) is 4.90 Å². The van der Waals surface area contributed by atoms with Crippen molar-refractivity contribution in [2.24, 2.45) is 0 Å². The Kier molecular flexibility index (Phi) is 5.22. The molecule has 0 N–H and O–H groups in total. The van der Waals surface area contributed by atoms with Gasteiger partial charge in [-0.2, -0.15) is 0 Å². The molecule has 1 amide bonds. The van der Waals surface area contributed by atoms with Crippen molar-refractivity contribution in [3.63, 3.8) is 0 Å². The second-order valence-electron chi connectivity index (χ2n) is 6.07. The van der Waals surface area contributed by atoms with Crippen LogP contribution in [0, 0.1) is 0 Å². The molecule has 120 valence electrons. The summed E-state index contributed by atoms with van der Waals surface area (Å²) in [5, 5.41) is 0. The van der Waals surface area contributed by atoms with Crippen LogP contribution < -0.4 is 0 Å². The number of likely N-dealkylation sites (tertiary alicyclic amines) is 1. The number of morpholine rings is 1. The Bertz CT molecular complexity index is 391. The van der Waals surface area contributed by atoms with Gasteiger partial charge in [0.15, 0.2) is 6.10 Å². The van der Waals surface area contributed by atoms with E-state index in [2.05, 4.69) is 18.7 Å². The van der Waals surface area contributed by atoms with Crippen molar-refractivity contribution in [2.45, 2.75) is 57.8 Å². The maximum Gasteiger partial charge on any atom is 0.336 e. The Morgan fingerprint density at radius 1 is 1.24 bits per heavy atom. The average Bonchev–Trinajstić information content (AvgIpc) is 2.84. The minimum atomic E-state index is -0.659. The number of methoxy groups -OCH3 is 1. The zero-order valence-electron chi connectivity index (χ0n) is 13.4. The van der Waals surface area contributed by atoms with Gasteiger partial charge in [0.25, 0.3) is 0 Å². The van der Waals surface area contributed by atoms with Gasteiger partial charge < -0.3 is 14.4 Å². The highest BCUT2D eigenvalue weighted by atomic mass is 16.6. The maximum absolute atomic E-state index is 12.7. The molecule has 2 rings (SSSR count). The van der Waals surface area contributed by atoms with Gasteiger partial charge in [-0.25, -0.2) is 4.79 Å². The molecule has 0 aromatic heterocycles. The first-order valence-corrected chi connectivity index (χ1v) is 7.71. The first-order valence-electron chi connectivity index (χ1n) is 7.71. The summed E-state index contributed by atoms with van der Waals surface area (Å²) in [6, 6.07) is 0.696. The van der Waals surface area contributed by atoms with Crippen LogP contribution in [-0.4, -0.2) is 72.7 Å². The Hall–Kier alpha value is -1.14. The Morgan fingerprint density at radius 3 is 2.43 bits per heavy atom. The van der Waals surface area contributed by atoms with E-state index in [9.17, 15) is 9.59 Å². The highest BCUT2D eigenvalue weighted by molar-refractivity contribution is 5.83. The van der Waals surface area contributed by atoms with Crippen LogP contribution in [0.5, 0.6) is 0 Å². The zero-order valence-corrected chi connectivity index (χ0v) is 13.4. The minimum Gasteiger partial charge on any atom is -0.467 e. The minimum absolute atomic E-state index is 0.0767. The molecule has 6 heteroatoms. The lowest BCUT2D eigenvalue weighted by Crippen LogP contribution is -2.55. The Morgan fingerprint density at radius 2 is 1.86 bits per heavy atom. The van der Waals surface area contributed by atoms with E-state index >= 15 is 0 Å². The Labute approximate surface area is 126 Å². The number of rotatable bonds is 3. The van der Waals surface area contributed by atoms with Crippen LogP contribution in [0.1, 0.15) is 33.6 Å². The first-order chi connectivity index (χ1) is 9.95. The topological polar surface area (TPSA) is 59.1 Å². The van der Waals surface area contributed by atoms with Crippen LogP contribution >= 0.6 is 0 Å². The van der Waals surface area contributed by atoms with E-state index in [0.717, 1.165) is 12.8 Å². The van der Waals surface area contributed by atoms with E-state index < -0.39 is 12.1 Å². The van der Waals surface area contributed by atoms with Gasteiger partial charge in [-0.05, 0) is 33.6 Å². The zero-order chi connectivity index (χ0) is 15.6. The second-order valence-corrected chi connectivity index (χ2v) is 6.07. The molecule has 4 atom stereocenters. The number of hydrogen-bond acceptors (Lipinski definition) is 5. The third-order valence-corrected chi connectivity index (χ3v) is 4.67. The molecule has 0 bridgehead atoms. The lowest BCUT2D eigenvalue weighted by Gasteiger charge is -2.38. The summed E-state index contributed by atoms with van der Waals surface area (Å²) in [7, 11) is 1.34. The summed E-state index contributed by atoms with van der Waals surface area (Å²) in [5.74, 6) is -0.337. The molecule has 0 aromatic rings. The summed E-state index contributed by atoms with van der Waals surface area (Å²) in [4.78, 5) is 28.3. The van der Waals surface area contributed by atoms with E-state index in [0.29, 0.717) is 25.2 Å². The maximum atomic E-state index is 12.7. The van der Waals surface area contributed by atoms with Gasteiger partial charge in [0.1, 0.15) is 0 Å². The van der Waals surface area contributed by atoms with Gasteiger partial charge in [-0.3, -0.25) is 9.69 Å². The largest absolute Gasteiger partial charge is 0.467 e. The van der Waals surface area contributed by atoms with Crippen molar-refractivity contribution in [1.29, 1.82) is 0 Å². The third-order valence-electron chi connectivity index (χ3n) is 4.67. The van der Waals surface area contributed by atoms with Gasteiger partial charge in [-0.1, -0.05) is 0 Å². The van der Waals surface area contributed by atoms with Crippen molar-refractivity contribution >= 4 is 11.9 Å². The molecule has 4 unspecified atom stereocenters. The fraction of sp³-hybridized carbons (Fsp3) is 0.867. The predicted octanol–water partition coefficient (Wildman–Crippen LogP) is 0.648. The molecule has 21 heavy (non-hydrogen) atoms. The lowest BCUT2D eigenvalue weighted by atomic mass is 10.1. The average molecular weight is 298 g/mol. The summed E-state index contributed by atoms with van der Waals surface area (Å²) in [6.07, 6.45) is 1.60.